The number of ether oxygens (including phenoxy) is 1. The first-order valence-electron chi connectivity index (χ1n) is 16.3. The van der Waals surface area contributed by atoms with E-state index in [1.807, 2.05) is 137 Å². The molecule has 0 aliphatic rings. The van der Waals surface area contributed by atoms with Gasteiger partial charge in [-0.2, -0.15) is 4.31 Å². The summed E-state index contributed by atoms with van der Waals surface area (Å²) in [7, 11) is -4.06. The number of aryl methyl sites for hydroxylation is 3. The molecule has 0 fully saturated rings. The van der Waals surface area contributed by atoms with Gasteiger partial charge in [0, 0.05) is 12.6 Å². The molecule has 0 aliphatic heterocycles. The number of nitrogens with zero attached hydrogens (tertiary/aromatic N) is 1. The topological polar surface area (TPSA) is 83.9 Å². The summed E-state index contributed by atoms with van der Waals surface area (Å²) in [5.41, 5.74) is 5.35. The molecule has 0 bridgehead atoms. The molecule has 0 amide bonds. The number of thioether (sulfide) groups is 1. The van der Waals surface area contributed by atoms with Gasteiger partial charge in [-0.25, -0.2) is 8.42 Å². The number of hydrogen-bond donors (Lipinski definition) is 1. The smallest absolute Gasteiger partial charge is 0.244 e. The zero-order valence-electron chi connectivity index (χ0n) is 28.3. The van der Waals surface area contributed by atoms with Crippen LogP contribution in [0, 0.1) is 20.8 Å². The zero-order valence-corrected chi connectivity index (χ0v) is 29.9. The minimum absolute atomic E-state index is 0.107. The summed E-state index contributed by atoms with van der Waals surface area (Å²) in [4.78, 5) is 14.7. The molecule has 6 nitrogen and oxygen atoms in total. The number of carbonyl (C=O) groups excluding carboxylic acids is 1. The van der Waals surface area contributed by atoms with E-state index in [0.29, 0.717) is 16.7 Å². The van der Waals surface area contributed by atoms with Gasteiger partial charge in [-0.05, 0) is 61.1 Å². The van der Waals surface area contributed by atoms with Crippen LogP contribution in [0.25, 0.3) is 0 Å². The molecule has 0 saturated carbocycles. The largest absolute Gasteiger partial charge is 0.385 e. The molecule has 0 radical (unpaired) electrons. The van der Waals surface area contributed by atoms with E-state index in [9.17, 15) is 18.3 Å². The first-order valence-corrected chi connectivity index (χ1v) is 18.7. The fourth-order valence-corrected chi connectivity index (χ4v) is 9.55. The maximum Gasteiger partial charge on any atom is 0.244 e. The minimum atomic E-state index is -4.06. The van der Waals surface area contributed by atoms with Crippen LogP contribution in [0.2, 0.25) is 0 Å². The molecular weight excluding hydrogens is 651 g/mol. The van der Waals surface area contributed by atoms with Crippen molar-refractivity contribution in [2.24, 2.45) is 0 Å². The SMILES string of the molecule is Cc1cc(C)c(S(=O)(=O)N(Cc2ccccc2)[C@H](C)[C@@H](SC(=O)[C@@H](OCc2ccccc2)[C@@H](O)c2ccccc2)c2ccccc2)c(C)c1. The third kappa shape index (κ3) is 8.95. The summed E-state index contributed by atoms with van der Waals surface area (Å²) in [5.74, 6) is 0. The summed E-state index contributed by atoms with van der Waals surface area (Å²) in [6, 6.07) is 40.5. The Morgan fingerprint density at radius 1 is 0.735 bits per heavy atom. The molecule has 254 valence electrons. The van der Waals surface area contributed by atoms with Crippen LogP contribution < -0.4 is 0 Å². The Kier molecular flexibility index (Phi) is 12.3. The fourth-order valence-electron chi connectivity index (χ4n) is 6.21. The van der Waals surface area contributed by atoms with Crippen molar-refractivity contribution in [2.45, 2.75) is 69.2 Å². The number of carbonyl (C=O) groups is 1. The van der Waals surface area contributed by atoms with Crippen LogP contribution in [0.15, 0.2) is 138 Å². The van der Waals surface area contributed by atoms with Gasteiger partial charge in [-0.15, -0.1) is 0 Å². The minimum Gasteiger partial charge on any atom is -0.385 e. The van der Waals surface area contributed by atoms with Crippen molar-refractivity contribution in [3.8, 4) is 0 Å². The standard InChI is InChI=1S/C41H43NO5S2/c1-29-25-30(2)40(31(3)26-29)49(45,46)42(27-33-17-9-5-10-18-33)32(4)39(36-23-15-8-16-24-36)48-41(44)38(37(43)35-21-13-7-14-22-35)47-28-34-19-11-6-12-20-34/h5-26,32,37-39,43H,27-28H2,1-4H3/t32-,37+,38+,39-/m1/s1. The first kappa shape index (κ1) is 36.2. The Bertz CT molecular complexity index is 1900. The highest BCUT2D eigenvalue weighted by Gasteiger charge is 2.39. The molecule has 4 atom stereocenters. The highest BCUT2D eigenvalue weighted by Crippen LogP contribution is 2.41. The van der Waals surface area contributed by atoms with E-state index in [-0.39, 0.29) is 18.0 Å². The second kappa shape index (κ2) is 16.6. The predicted octanol–water partition coefficient (Wildman–Crippen LogP) is 8.51. The van der Waals surface area contributed by atoms with Gasteiger partial charge in [0.05, 0.1) is 16.8 Å². The van der Waals surface area contributed by atoms with Gasteiger partial charge in [-0.1, -0.05) is 151 Å². The second-order valence-electron chi connectivity index (χ2n) is 12.3. The van der Waals surface area contributed by atoms with Crippen molar-refractivity contribution >= 4 is 26.9 Å². The molecule has 0 unspecified atom stereocenters. The lowest BCUT2D eigenvalue weighted by molar-refractivity contribution is -0.131. The summed E-state index contributed by atoms with van der Waals surface area (Å²) in [5, 5.41) is 10.5. The maximum atomic E-state index is 14.8. The molecule has 1 N–H and O–H groups in total. The monoisotopic (exact) mass is 693 g/mol. The van der Waals surface area contributed by atoms with Gasteiger partial charge in [0.2, 0.25) is 15.1 Å². The van der Waals surface area contributed by atoms with Crippen LogP contribution in [0.4, 0.5) is 0 Å². The molecule has 0 aromatic heterocycles. The number of sulfonamides is 1. The molecule has 0 aliphatic carbocycles. The Labute approximate surface area is 294 Å². The summed E-state index contributed by atoms with van der Waals surface area (Å²) >= 11 is 1.00. The predicted molar refractivity (Wildman–Crippen MR) is 197 cm³/mol. The number of aliphatic hydroxyl groups is 1. The summed E-state index contributed by atoms with van der Waals surface area (Å²) in [6.45, 7) is 7.68. The van der Waals surface area contributed by atoms with E-state index in [1.165, 1.54) is 4.31 Å². The van der Waals surface area contributed by atoms with E-state index < -0.39 is 38.6 Å². The van der Waals surface area contributed by atoms with Gasteiger partial charge in [0.15, 0.2) is 6.10 Å². The molecule has 5 aromatic carbocycles. The normalized spacial score (nSPS) is 14.2. The number of benzene rings is 5. The maximum absolute atomic E-state index is 14.8. The molecule has 8 heteroatoms. The van der Waals surface area contributed by atoms with Gasteiger partial charge in [0.1, 0.15) is 6.10 Å². The average Bonchev–Trinajstić information content (AvgIpc) is 3.10. The Morgan fingerprint density at radius 2 is 1.20 bits per heavy atom. The van der Waals surface area contributed by atoms with Crippen LogP contribution in [0.1, 0.15) is 57.2 Å². The Morgan fingerprint density at radius 3 is 1.73 bits per heavy atom. The van der Waals surface area contributed by atoms with Crippen molar-refractivity contribution in [3.63, 3.8) is 0 Å². The fraction of sp³-hybridized carbons (Fsp3) is 0.244. The van der Waals surface area contributed by atoms with Crippen molar-refractivity contribution in [2.75, 3.05) is 0 Å². The van der Waals surface area contributed by atoms with Crippen molar-refractivity contribution in [1.82, 2.24) is 4.31 Å². The van der Waals surface area contributed by atoms with E-state index in [1.54, 1.807) is 24.3 Å². The summed E-state index contributed by atoms with van der Waals surface area (Å²) in [6.07, 6.45) is -2.45. The van der Waals surface area contributed by atoms with Gasteiger partial charge < -0.3 is 9.84 Å². The average molecular weight is 694 g/mol. The van der Waals surface area contributed by atoms with E-state index in [4.69, 9.17) is 4.74 Å². The van der Waals surface area contributed by atoms with Crippen molar-refractivity contribution in [1.29, 1.82) is 0 Å². The van der Waals surface area contributed by atoms with E-state index in [2.05, 4.69) is 0 Å². The third-order valence-corrected chi connectivity index (χ3v) is 12.2. The van der Waals surface area contributed by atoms with Gasteiger partial charge in [0.25, 0.3) is 0 Å². The van der Waals surface area contributed by atoms with E-state index in [0.717, 1.165) is 34.0 Å². The molecule has 49 heavy (non-hydrogen) atoms. The Hall–Kier alpha value is -4.05. The molecule has 0 heterocycles. The molecule has 0 saturated heterocycles. The lowest BCUT2D eigenvalue weighted by atomic mass is 10.0. The zero-order chi connectivity index (χ0) is 35.0. The van der Waals surface area contributed by atoms with Crippen LogP contribution in [-0.2, 0) is 32.7 Å². The number of hydrogen-bond acceptors (Lipinski definition) is 6. The van der Waals surface area contributed by atoms with Crippen molar-refractivity contribution < 1.29 is 23.1 Å². The van der Waals surface area contributed by atoms with Crippen LogP contribution >= 0.6 is 11.8 Å². The molecular formula is C41H43NO5S2. The first-order chi connectivity index (χ1) is 23.6. The van der Waals surface area contributed by atoms with Gasteiger partial charge in [-0.3, -0.25) is 4.79 Å². The molecule has 5 aromatic rings. The lowest BCUT2D eigenvalue weighted by Gasteiger charge is -2.35. The Balaban J connectivity index is 1.56. The second-order valence-corrected chi connectivity index (χ2v) is 15.3. The highest BCUT2D eigenvalue weighted by molar-refractivity contribution is 8.14. The van der Waals surface area contributed by atoms with Crippen LogP contribution in [-0.4, -0.2) is 35.1 Å². The van der Waals surface area contributed by atoms with Crippen molar-refractivity contribution in [3.05, 3.63) is 172 Å². The molecule has 5 rings (SSSR count). The lowest BCUT2D eigenvalue weighted by Crippen LogP contribution is -2.42. The van der Waals surface area contributed by atoms with Crippen LogP contribution in [0.3, 0.4) is 0 Å². The number of rotatable bonds is 14. The number of aliphatic hydroxyl groups excluding tert-OH is 1. The quantitative estimate of drug-likeness (QED) is 0.126. The third-order valence-electron chi connectivity index (χ3n) is 8.55. The summed E-state index contributed by atoms with van der Waals surface area (Å²) < 4.78 is 37.3. The van der Waals surface area contributed by atoms with Gasteiger partial charge >= 0.3 is 0 Å². The van der Waals surface area contributed by atoms with Crippen LogP contribution in [0.5, 0.6) is 0 Å². The highest BCUT2D eigenvalue weighted by atomic mass is 32.2. The van der Waals surface area contributed by atoms with E-state index >= 15 is 0 Å². The molecule has 0 spiro atoms.